The molecular weight excluding hydrogens is 428 g/mol. The minimum Gasteiger partial charge on any atom is -0.455 e. The Kier molecular flexibility index (Phi) is 4.27. The van der Waals surface area contributed by atoms with Crippen molar-refractivity contribution in [2.24, 2.45) is 0 Å². The highest BCUT2D eigenvalue weighted by molar-refractivity contribution is 6.24. The van der Waals surface area contributed by atoms with Crippen molar-refractivity contribution in [1.29, 1.82) is 0 Å². The Balaban J connectivity index is 1.65. The molecule has 0 aliphatic heterocycles. The summed E-state index contributed by atoms with van der Waals surface area (Å²) in [6.45, 7) is 4.18. The Labute approximate surface area is 202 Å². The van der Waals surface area contributed by atoms with Crippen LogP contribution in [0.4, 0.5) is 0 Å². The summed E-state index contributed by atoms with van der Waals surface area (Å²) in [6, 6.07) is 29.9. The number of hydrogen-bond acceptors (Lipinski definition) is 3. The van der Waals surface area contributed by atoms with E-state index in [0.29, 0.717) is 0 Å². The van der Waals surface area contributed by atoms with E-state index >= 15 is 0 Å². The largest absolute Gasteiger partial charge is 0.455 e. The SMILES string of the molecule is Cc1ccnc(-c2cc(-c3cc(C)ccn3)c3oc4c(ccc5ccc6ccccc6c54)c3c2)c1. The lowest BCUT2D eigenvalue weighted by molar-refractivity contribution is 0.674. The number of fused-ring (bicyclic) bond motifs is 7. The molecular formula is C32H22N2O. The van der Waals surface area contributed by atoms with E-state index in [1.807, 2.05) is 24.5 Å². The van der Waals surface area contributed by atoms with E-state index in [1.54, 1.807) is 0 Å². The van der Waals surface area contributed by atoms with Crippen LogP contribution in [0.3, 0.4) is 0 Å². The maximum atomic E-state index is 6.75. The molecule has 0 bridgehead atoms. The topological polar surface area (TPSA) is 38.9 Å². The van der Waals surface area contributed by atoms with Gasteiger partial charge in [0.15, 0.2) is 0 Å². The van der Waals surface area contributed by atoms with Gasteiger partial charge in [-0.3, -0.25) is 9.97 Å². The zero-order chi connectivity index (χ0) is 23.5. The first-order valence-corrected chi connectivity index (χ1v) is 11.8. The Bertz CT molecular complexity index is 1930. The molecule has 0 unspecified atom stereocenters. The van der Waals surface area contributed by atoms with Gasteiger partial charge in [0, 0.05) is 39.7 Å². The molecule has 0 radical (unpaired) electrons. The first-order valence-electron chi connectivity index (χ1n) is 11.8. The molecule has 35 heavy (non-hydrogen) atoms. The van der Waals surface area contributed by atoms with Crippen molar-refractivity contribution >= 4 is 43.5 Å². The Morgan fingerprint density at radius 2 is 1.29 bits per heavy atom. The molecule has 0 saturated heterocycles. The van der Waals surface area contributed by atoms with Crippen LogP contribution in [0.1, 0.15) is 11.1 Å². The second kappa shape index (κ2) is 7.51. The quantitative estimate of drug-likeness (QED) is 0.247. The minimum absolute atomic E-state index is 0.856. The van der Waals surface area contributed by atoms with Crippen LogP contribution in [-0.2, 0) is 0 Å². The van der Waals surface area contributed by atoms with Gasteiger partial charge in [-0.2, -0.15) is 0 Å². The monoisotopic (exact) mass is 450 g/mol. The van der Waals surface area contributed by atoms with Gasteiger partial charge in [0.05, 0.1) is 11.4 Å². The summed E-state index contributed by atoms with van der Waals surface area (Å²) in [5.41, 5.74) is 8.00. The maximum Gasteiger partial charge on any atom is 0.144 e. The molecule has 0 amide bonds. The third kappa shape index (κ3) is 3.12. The molecule has 0 aliphatic rings. The van der Waals surface area contributed by atoms with Gasteiger partial charge in [-0.05, 0) is 83.6 Å². The van der Waals surface area contributed by atoms with Crippen LogP contribution in [0, 0.1) is 13.8 Å². The van der Waals surface area contributed by atoms with Crippen molar-refractivity contribution in [3.8, 4) is 22.5 Å². The second-order valence-corrected chi connectivity index (χ2v) is 9.27. The standard InChI is InChI=1S/C32H22N2O/c1-19-11-13-33-28(15-19)23-17-26-25-10-9-22-8-7-21-5-3-4-6-24(21)30(22)32(25)35-31(26)27(18-23)29-16-20(2)12-14-34-29/h3-18H,1-2H3. The van der Waals surface area contributed by atoms with E-state index in [-0.39, 0.29) is 0 Å². The average Bonchev–Trinajstić information content (AvgIpc) is 3.26. The van der Waals surface area contributed by atoms with Gasteiger partial charge in [0.1, 0.15) is 11.2 Å². The van der Waals surface area contributed by atoms with Gasteiger partial charge < -0.3 is 4.42 Å². The summed E-state index contributed by atoms with van der Waals surface area (Å²) in [5.74, 6) is 0. The van der Waals surface area contributed by atoms with Crippen LogP contribution < -0.4 is 0 Å². The summed E-state index contributed by atoms with van der Waals surface area (Å²) >= 11 is 0. The zero-order valence-electron chi connectivity index (χ0n) is 19.5. The van der Waals surface area contributed by atoms with Crippen LogP contribution in [0.25, 0.3) is 66.0 Å². The lowest BCUT2D eigenvalue weighted by Crippen LogP contribution is -1.89. The molecule has 7 rings (SSSR count). The van der Waals surface area contributed by atoms with Crippen LogP contribution in [-0.4, -0.2) is 9.97 Å². The molecule has 4 aromatic carbocycles. The molecule has 3 heteroatoms. The molecule has 0 N–H and O–H groups in total. The van der Waals surface area contributed by atoms with E-state index in [1.165, 1.54) is 21.7 Å². The molecule has 3 aromatic heterocycles. The normalized spacial score (nSPS) is 11.7. The molecule has 0 saturated carbocycles. The smallest absolute Gasteiger partial charge is 0.144 e. The average molecular weight is 451 g/mol. The Morgan fingerprint density at radius 1 is 0.571 bits per heavy atom. The number of aryl methyl sites for hydroxylation is 2. The highest BCUT2D eigenvalue weighted by Gasteiger charge is 2.18. The summed E-state index contributed by atoms with van der Waals surface area (Å²) < 4.78 is 6.75. The van der Waals surface area contributed by atoms with Gasteiger partial charge >= 0.3 is 0 Å². The first-order chi connectivity index (χ1) is 17.2. The second-order valence-electron chi connectivity index (χ2n) is 9.27. The van der Waals surface area contributed by atoms with E-state index in [4.69, 9.17) is 9.40 Å². The highest BCUT2D eigenvalue weighted by atomic mass is 16.3. The molecule has 166 valence electrons. The molecule has 3 heterocycles. The number of furan rings is 1. The number of pyridine rings is 2. The van der Waals surface area contributed by atoms with Gasteiger partial charge in [-0.25, -0.2) is 0 Å². The highest BCUT2D eigenvalue weighted by Crippen LogP contribution is 2.42. The number of hydrogen-bond donors (Lipinski definition) is 0. The van der Waals surface area contributed by atoms with Crippen molar-refractivity contribution < 1.29 is 4.42 Å². The third-order valence-corrected chi connectivity index (χ3v) is 6.85. The number of benzene rings is 4. The van der Waals surface area contributed by atoms with Crippen molar-refractivity contribution in [1.82, 2.24) is 9.97 Å². The van der Waals surface area contributed by atoms with E-state index in [0.717, 1.165) is 55.4 Å². The lowest BCUT2D eigenvalue weighted by atomic mass is 9.97. The summed E-state index contributed by atoms with van der Waals surface area (Å²) in [4.78, 5) is 9.39. The summed E-state index contributed by atoms with van der Waals surface area (Å²) in [5, 5.41) is 6.91. The fraction of sp³-hybridized carbons (Fsp3) is 0.0625. The van der Waals surface area contributed by atoms with E-state index in [9.17, 15) is 0 Å². The van der Waals surface area contributed by atoms with Crippen LogP contribution >= 0.6 is 0 Å². The number of nitrogens with zero attached hydrogens (tertiary/aromatic N) is 2. The Hall–Kier alpha value is -4.50. The lowest BCUT2D eigenvalue weighted by Gasteiger charge is -2.08. The van der Waals surface area contributed by atoms with Gasteiger partial charge in [0.2, 0.25) is 0 Å². The van der Waals surface area contributed by atoms with E-state index < -0.39 is 0 Å². The summed E-state index contributed by atoms with van der Waals surface area (Å²) in [7, 11) is 0. The van der Waals surface area contributed by atoms with Gasteiger partial charge in [-0.1, -0.05) is 42.5 Å². The fourth-order valence-electron chi connectivity index (χ4n) is 5.14. The predicted molar refractivity (Wildman–Crippen MR) is 145 cm³/mol. The number of rotatable bonds is 2. The minimum atomic E-state index is 0.856. The third-order valence-electron chi connectivity index (χ3n) is 6.85. The predicted octanol–water partition coefficient (Wildman–Crippen LogP) is 8.63. The molecule has 3 nitrogen and oxygen atoms in total. The van der Waals surface area contributed by atoms with Crippen LogP contribution in [0.5, 0.6) is 0 Å². The molecule has 7 aromatic rings. The molecule has 0 spiro atoms. The molecule has 0 fully saturated rings. The fourth-order valence-corrected chi connectivity index (χ4v) is 5.14. The van der Waals surface area contributed by atoms with Crippen molar-refractivity contribution in [3.05, 3.63) is 108 Å². The molecule has 0 aliphatic carbocycles. The summed E-state index contributed by atoms with van der Waals surface area (Å²) in [6.07, 6.45) is 3.73. The molecule has 0 atom stereocenters. The van der Waals surface area contributed by atoms with E-state index in [2.05, 4.69) is 91.6 Å². The van der Waals surface area contributed by atoms with Crippen LogP contribution in [0.2, 0.25) is 0 Å². The van der Waals surface area contributed by atoms with Crippen LogP contribution in [0.15, 0.2) is 102 Å². The van der Waals surface area contributed by atoms with Crippen molar-refractivity contribution in [2.45, 2.75) is 13.8 Å². The van der Waals surface area contributed by atoms with Crippen molar-refractivity contribution in [2.75, 3.05) is 0 Å². The van der Waals surface area contributed by atoms with Crippen molar-refractivity contribution in [3.63, 3.8) is 0 Å². The first kappa shape index (κ1) is 19.9. The number of aromatic nitrogens is 2. The zero-order valence-corrected chi connectivity index (χ0v) is 19.5. The van der Waals surface area contributed by atoms with Gasteiger partial charge in [0.25, 0.3) is 0 Å². The Morgan fingerprint density at radius 3 is 2.11 bits per heavy atom. The van der Waals surface area contributed by atoms with Gasteiger partial charge in [-0.15, -0.1) is 0 Å². The maximum absolute atomic E-state index is 6.75.